The Morgan fingerprint density at radius 1 is 1.44 bits per heavy atom. The average Bonchev–Trinajstić information content (AvgIpc) is 2.32. The average molecular weight is 221 g/mol. The van der Waals surface area contributed by atoms with Crippen molar-refractivity contribution in [3.8, 4) is 0 Å². The maximum absolute atomic E-state index is 3.35. The van der Waals surface area contributed by atoms with Gasteiger partial charge in [-0.1, -0.05) is 38.0 Å². The van der Waals surface area contributed by atoms with Gasteiger partial charge in [0, 0.05) is 18.7 Å². The first-order chi connectivity index (χ1) is 7.76. The summed E-state index contributed by atoms with van der Waals surface area (Å²) in [6.07, 6.45) is 11.3. The summed E-state index contributed by atoms with van der Waals surface area (Å²) in [4.78, 5) is 0. The lowest BCUT2D eigenvalue weighted by molar-refractivity contribution is 0.429. The minimum absolute atomic E-state index is 0.660. The van der Waals surface area contributed by atoms with E-state index in [1.165, 1.54) is 37.8 Å². The Kier molecular flexibility index (Phi) is 5.65. The summed E-state index contributed by atoms with van der Waals surface area (Å²) in [6, 6.07) is 0. The molecular weight excluding hydrogens is 194 g/mol. The summed E-state index contributed by atoms with van der Waals surface area (Å²) >= 11 is 0. The normalized spacial score (nSPS) is 26.5. The van der Waals surface area contributed by atoms with E-state index in [2.05, 4.69) is 38.2 Å². The highest BCUT2D eigenvalue weighted by Crippen LogP contribution is 2.35. The molecule has 1 aliphatic carbocycles. The third kappa shape index (κ3) is 3.13. The Labute approximate surface area is 101 Å². The lowest BCUT2D eigenvalue weighted by Gasteiger charge is -2.30. The molecule has 0 fully saturated rings. The molecule has 0 heterocycles. The summed E-state index contributed by atoms with van der Waals surface area (Å²) in [6.45, 7) is 6.71. The van der Waals surface area contributed by atoms with Gasteiger partial charge in [0.15, 0.2) is 0 Å². The minimum atomic E-state index is 0.660. The van der Waals surface area contributed by atoms with Crippen molar-refractivity contribution in [2.75, 3.05) is 7.05 Å². The maximum Gasteiger partial charge on any atom is 0.0193 e. The van der Waals surface area contributed by atoms with Gasteiger partial charge in [-0.05, 0) is 38.5 Å². The van der Waals surface area contributed by atoms with Crippen LogP contribution in [-0.4, -0.2) is 7.05 Å². The fourth-order valence-corrected chi connectivity index (χ4v) is 2.91. The first-order valence-electron chi connectivity index (χ1n) is 6.81. The van der Waals surface area contributed by atoms with Crippen LogP contribution in [0, 0.1) is 11.8 Å². The van der Waals surface area contributed by atoms with Crippen molar-refractivity contribution in [1.29, 1.82) is 0 Å². The highest BCUT2D eigenvalue weighted by molar-refractivity contribution is 5.22. The van der Waals surface area contributed by atoms with Crippen molar-refractivity contribution in [2.45, 2.75) is 52.9 Å². The summed E-state index contributed by atoms with van der Waals surface area (Å²) < 4.78 is 0. The molecular formula is C15H27N. The second-order valence-electron chi connectivity index (χ2n) is 4.77. The highest BCUT2D eigenvalue weighted by Gasteiger charge is 2.23. The van der Waals surface area contributed by atoms with E-state index >= 15 is 0 Å². The number of nitrogens with one attached hydrogen (secondary N) is 1. The van der Waals surface area contributed by atoms with Crippen LogP contribution in [-0.2, 0) is 0 Å². The first kappa shape index (κ1) is 13.3. The molecule has 1 nitrogen and oxygen atoms in total. The van der Waals surface area contributed by atoms with Gasteiger partial charge in [0.1, 0.15) is 0 Å². The van der Waals surface area contributed by atoms with Crippen molar-refractivity contribution in [3.63, 3.8) is 0 Å². The molecule has 16 heavy (non-hydrogen) atoms. The molecule has 0 aromatic carbocycles. The zero-order chi connectivity index (χ0) is 12.0. The number of hydrogen-bond acceptors (Lipinski definition) is 1. The van der Waals surface area contributed by atoms with E-state index in [1.807, 2.05) is 7.05 Å². The molecule has 0 radical (unpaired) electrons. The van der Waals surface area contributed by atoms with Crippen LogP contribution < -0.4 is 5.32 Å². The van der Waals surface area contributed by atoms with Gasteiger partial charge in [0.05, 0.1) is 0 Å². The summed E-state index contributed by atoms with van der Waals surface area (Å²) in [5.41, 5.74) is 3.05. The fraction of sp³-hybridized carbons (Fsp3) is 0.733. The van der Waals surface area contributed by atoms with Crippen LogP contribution in [0.5, 0.6) is 0 Å². The van der Waals surface area contributed by atoms with E-state index in [-0.39, 0.29) is 0 Å². The smallest absolute Gasteiger partial charge is 0.0193 e. The summed E-state index contributed by atoms with van der Waals surface area (Å²) in [5, 5.41) is 3.35. The number of allylic oxidation sites excluding steroid dienone is 3. The number of rotatable bonds is 5. The van der Waals surface area contributed by atoms with Crippen molar-refractivity contribution in [2.24, 2.45) is 11.8 Å². The fourth-order valence-electron chi connectivity index (χ4n) is 2.91. The topological polar surface area (TPSA) is 12.0 Å². The molecule has 0 aromatic heterocycles. The van der Waals surface area contributed by atoms with Crippen LogP contribution in [0.15, 0.2) is 23.4 Å². The van der Waals surface area contributed by atoms with Gasteiger partial charge >= 0.3 is 0 Å². The molecule has 0 aromatic rings. The second kappa shape index (κ2) is 6.78. The predicted molar refractivity (Wildman–Crippen MR) is 72.3 cm³/mol. The summed E-state index contributed by atoms with van der Waals surface area (Å²) in [5.74, 6) is 1.50. The third-order valence-corrected chi connectivity index (χ3v) is 3.77. The molecule has 1 aliphatic rings. The van der Waals surface area contributed by atoms with Gasteiger partial charge in [-0.25, -0.2) is 0 Å². The van der Waals surface area contributed by atoms with E-state index in [1.54, 1.807) is 5.57 Å². The van der Waals surface area contributed by atoms with Crippen LogP contribution in [0.25, 0.3) is 0 Å². The van der Waals surface area contributed by atoms with Crippen molar-refractivity contribution < 1.29 is 0 Å². The van der Waals surface area contributed by atoms with Gasteiger partial charge in [-0.15, -0.1) is 0 Å². The zero-order valence-corrected chi connectivity index (χ0v) is 11.3. The summed E-state index contributed by atoms with van der Waals surface area (Å²) in [7, 11) is 2.04. The molecule has 0 aliphatic heterocycles. The van der Waals surface area contributed by atoms with Crippen LogP contribution in [0.3, 0.4) is 0 Å². The lowest BCUT2D eigenvalue weighted by atomic mass is 9.78. The minimum Gasteiger partial charge on any atom is -0.391 e. The molecule has 1 N–H and O–H groups in total. The first-order valence-corrected chi connectivity index (χ1v) is 6.81. The Hall–Kier alpha value is -0.720. The molecule has 1 rings (SSSR count). The van der Waals surface area contributed by atoms with Crippen molar-refractivity contribution in [1.82, 2.24) is 5.32 Å². The van der Waals surface area contributed by atoms with Gasteiger partial charge < -0.3 is 5.32 Å². The molecule has 0 amide bonds. The van der Waals surface area contributed by atoms with Crippen LogP contribution in [0.2, 0.25) is 0 Å². The Balaban J connectivity index is 2.78. The molecule has 2 atom stereocenters. The second-order valence-corrected chi connectivity index (χ2v) is 4.77. The molecule has 0 spiro atoms. The molecule has 92 valence electrons. The Morgan fingerprint density at radius 2 is 2.19 bits per heavy atom. The molecule has 0 saturated carbocycles. The van der Waals surface area contributed by atoms with E-state index < -0.39 is 0 Å². The Morgan fingerprint density at radius 3 is 2.69 bits per heavy atom. The van der Waals surface area contributed by atoms with Gasteiger partial charge in [-0.2, -0.15) is 0 Å². The molecule has 0 saturated heterocycles. The predicted octanol–water partition coefficient (Wildman–Crippen LogP) is 4.27. The Bertz CT molecular complexity index is 263. The monoisotopic (exact) mass is 221 g/mol. The van der Waals surface area contributed by atoms with Crippen LogP contribution >= 0.6 is 0 Å². The SMILES string of the molecule is C/C=C(\NC)C1CCC(CCC)C=C1CC. The largest absolute Gasteiger partial charge is 0.391 e. The molecule has 0 bridgehead atoms. The standard InChI is InChI=1S/C15H27N/c1-5-8-12-9-10-14(13(6-2)11-12)15(7-3)16-4/h7,11-12,14,16H,5-6,8-10H2,1-4H3/b15-7-. The van der Waals surface area contributed by atoms with Gasteiger partial charge in [0.2, 0.25) is 0 Å². The number of hydrogen-bond donors (Lipinski definition) is 1. The molecule has 2 unspecified atom stereocenters. The van der Waals surface area contributed by atoms with E-state index in [9.17, 15) is 0 Å². The van der Waals surface area contributed by atoms with Gasteiger partial charge in [0.25, 0.3) is 0 Å². The van der Waals surface area contributed by atoms with Crippen LogP contribution in [0.1, 0.15) is 52.9 Å². The van der Waals surface area contributed by atoms with Crippen LogP contribution in [0.4, 0.5) is 0 Å². The lowest BCUT2D eigenvalue weighted by Crippen LogP contribution is -2.22. The van der Waals surface area contributed by atoms with Gasteiger partial charge in [-0.3, -0.25) is 0 Å². The van der Waals surface area contributed by atoms with E-state index in [0.717, 1.165) is 5.92 Å². The van der Waals surface area contributed by atoms with Crippen molar-refractivity contribution in [3.05, 3.63) is 23.4 Å². The molecule has 1 heteroatoms. The maximum atomic E-state index is 3.35. The van der Waals surface area contributed by atoms with E-state index in [4.69, 9.17) is 0 Å². The quantitative estimate of drug-likeness (QED) is 0.684. The van der Waals surface area contributed by atoms with E-state index in [0.29, 0.717) is 5.92 Å². The van der Waals surface area contributed by atoms with Crippen molar-refractivity contribution >= 4 is 0 Å². The zero-order valence-electron chi connectivity index (χ0n) is 11.3. The third-order valence-electron chi connectivity index (χ3n) is 3.77. The highest BCUT2D eigenvalue weighted by atomic mass is 14.8.